The monoisotopic (exact) mass is 476 g/mol. The van der Waals surface area contributed by atoms with E-state index in [1.807, 2.05) is 66.7 Å². The third-order valence-electron chi connectivity index (χ3n) is 6.31. The maximum Gasteiger partial charge on any atom is 0.194 e. The van der Waals surface area contributed by atoms with Gasteiger partial charge in [-0.15, -0.1) is 5.11 Å². The molecule has 0 amide bonds. The Morgan fingerprint density at radius 2 is 1.14 bits per heavy atom. The van der Waals surface area contributed by atoms with Crippen LogP contribution in [-0.4, -0.2) is 26.5 Å². The number of hydrogen-bond acceptors (Lipinski definition) is 6. The van der Waals surface area contributed by atoms with E-state index in [1.54, 1.807) is 30.3 Å². The zero-order valence-corrected chi connectivity index (χ0v) is 19.2. The second-order valence-corrected chi connectivity index (χ2v) is 8.47. The van der Waals surface area contributed by atoms with E-state index in [9.17, 15) is 20.4 Å². The zero-order chi connectivity index (χ0) is 25.1. The largest absolute Gasteiger partial charge is 0.508 e. The van der Waals surface area contributed by atoms with E-state index in [2.05, 4.69) is 10.2 Å². The van der Waals surface area contributed by atoms with E-state index in [-0.39, 0.29) is 22.9 Å². The molecule has 0 spiro atoms. The number of benzene rings is 4. The molecule has 4 aromatic rings. The predicted octanol–water partition coefficient (Wildman–Crippen LogP) is 6.50. The number of aliphatic hydroxyl groups excluding tert-OH is 2. The summed E-state index contributed by atoms with van der Waals surface area (Å²) >= 11 is 0. The Labute approximate surface area is 208 Å². The van der Waals surface area contributed by atoms with Crippen LogP contribution in [0.4, 0.5) is 5.69 Å². The lowest BCUT2D eigenvalue weighted by atomic mass is 9.72. The van der Waals surface area contributed by atoms with Crippen LogP contribution < -0.4 is 0 Å². The molecule has 4 N–H and O–H groups in total. The first-order chi connectivity index (χ1) is 17.5. The highest BCUT2D eigenvalue weighted by Gasteiger charge is 2.50. The topological polar surface area (TPSA) is 106 Å². The van der Waals surface area contributed by atoms with Gasteiger partial charge in [0.2, 0.25) is 0 Å². The van der Waals surface area contributed by atoms with Crippen LogP contribution in [0.3, 0.4) is 0 Å². The lowest BCUT2D eigenvalue weighted by molar-refractivity contribution is 0.118. The number of azo groups is 1. The van der Waals surface area contributed by atoms with Gasteiger partial charge in [0.25, 0.3) is 0 Å². The molecule has 2 atom stereocenters. The first-order valence-electron chi connectivity index (χ1n) is 11.5. The molecule has 0 saturated carbocycles. The summed E-state index contributed by atoms with van der Waals surface area (Å²) in [4.78, 5) is 0. The summed E-state index contributed by atoms with van der Waals surface area (Å²) in [6.07, 6.45) is 0.422. The van der Waals surface area contributed by atoms with E-state index in [0.29, 0.717) is 16.7 Å². The Bertz CT molecular complexity index is 1440. The quantitative estimate of drug-likeness (QED) is 0.247. The van der Waals surface area contributed by atoms with Crippen LogP contribution in [0.15, 0.2) is 131 Å². The first-order valence-corrected chi connectivity index (χ1v) is 11.5. The summed E-state index contributed by atoms with van der Waals surface area (Å²) in [6.45, 7) is 0. The number of phenolic OH excluding ortho intramolecular Hbond substituents is 2. The lowest BCUT2D eigenvalue weighted by Crippen LogP contribution is -2.43. The lowest BCUT2D eigenvalue weighted by Gasteiger charge is -2.38. The van der Waals surface area contributed by atoms with Crippen LogP contribution in [-0.2, 0) is 5.54 Å². The average Bonchev–Trinajstić information content (AvgIpc) is 2.92. The van der Waals surface area contributed by atoms with Gasteiger partial charge >= 0.3 is 0 Å². The van der Waals surface area contributed by atoms with E-state index in [1.165, 1.54) is 18.2 Å². The molecule has 0 saturated heterocycles. The summed E-state index contributed by atoms with van der Waals surface area (Å²) in [5.41, 5.74) is 1.07. The van der Waals surface area contributed by atoms with Gasteiger partial charge in [-0.1, -0.05) is 97.1 Å². The summed E-state index contributed by atoms with van der Waals surface area (Å²) in [5.74, 6) is -0.763. The van der Waals surface area contributed by atoms with Gasteiger partial charge in [-0.2, -0.15) is 5.11 Å². The molecular weight excluding hydrogens is 452 g/mol. The van der Waals surface area contributed by atoms with Crippen molar-refractivity contribution < 1.29 is 20.4 Å². The Morgan fingerprint density at radius 1 is 0.611 bits per heavy atom. The van der Waals surface area contributed by atoms with Crippen LogP contribution in [0, 0.1) is 0 Å². The standard InChI is InChI=1S/C30H24N2O4/c33-25-17-10-18-26(34)27(25)31-32-30(22-15-8-3-9-16-22)28(35)23(20-11-4-1-5-12-20)19-24(29(30)36)21-13-6-2-7-14-21/h1-19,28,33-36H. The number of aromatic hydroxyl groups is 2. The molecule has 1 aliphatic rings. The smallest absolute Gasteiger partial charge is 0.194 e. The van der Waals surface area contributed by atoms with Crippen molar-refractivity contribution in [1.29, 1.82) is 0 Å². The fraction of sp³-hybridized carbons (Fsp3) is 0.0667. The maximum absolute atomic E-state index is 11.9. The highest BCUT2D eigenvalue weighted by atomic mass is 16.3. The van der Waals surface area contributed by atoms with Crippen LogP contribution in [0.5, 0.6) is 11.5 Å². The molecule has 6 nitrogen and oxygen atoms in total. The zero-order valence-electron chi connectivity index (χ0n) is 19.2. The summed E-state index contributed by atoms with van der Waals surface area (Å²) in [6, 6.07) is 31.8. The molecule has 0 bridgehead atoms. The molecule has 1 aliphatic carbocycles. The molecule has 0 aromatic heterocycles. The molecule has 5 rings (SSSR count). The van der Waals surface area contributed by atoms with Crippen molar-refractivity contribution in [3.63, 3.8) is 0 Å². The molecular formula is C30H24N2O4. The second-order valence-electron chi connectivity index (χ2n) is 8.47. The normalized spacial score (nSPS) is 19.9. The minimum absolute atomic E-state index is 0.162. The fourth-order valence-corrected chi connectivity index (χ4v) is 4.47. The Kier molecular flexibility index (Phi) is 6.10. The van der Waals surface area contributed by atoms with Gasteiger partial charge in [0.15, 0.2) is 11.2 Å². The van der Waals surface area contributed by atoms with Gasteiger partial charge < -0.3 is 20.4 Å². The molecule has 36 heavy (non-hydrogen) atoms. The number of aliphatic hydroxyl groups is 2. The molecule has 0 fully saturated rings. The molecule has 0 heterocycles. The van der Waals surface area contributed by atoms with Crippen LogP contribution in [0.2, 0.25) is 0 Å². The van der Waals surface area contributed by atoms with Crippen molar-refractivity contribution in [3.05, 3.63) is 138 Å². The van der Waals surface area contributed by atoms with E-state index >= 15 is 0 Å². The molecule has 2 unspecified atom stereocenters. The van der Waals surface area contributed by atoms with Gasteiger partial charge in [-0.25, -0.2) is 0 Å². The number of hydrogen-bond donors (Lipinski definition) is 4. The summed E-state index contributed by atoms with van der Waals surface area (Å²) < 4.78 is 0. The molecule has 178 valence electrons. The Balaban J connectivity index is 1.82. The third kappa shape index (κ3) is 3.93. The first kappa shape index (κ1) is 23.1. The van der Waals surface area contributed by atoms with Crippen molar-refractivity contribution in [2.75, 3.05) is 0 Å². The van der Waals surface area contributed by atoms with Gasteiger partial charge in [0, 0.05) is 5.57 Å². The number of phenols is 2. The Morgan fingerprint density at radius 3 is 1.72 bits per heavy atom. The van der Waals surface area contributed by atoms with Gasteiger partial charge in [0.1, 0.15) is 23.4 Å². The number of rotatable bonds is 5. The number of nitrogens with zero attached hydrogens (tertiary/aromatic N) is 2. The van der Waals surface area contributed by atoms with Gasteiger partial charge in [-0.3, -0.25) is 0 Å². The highest BCUT2D eigenvalue weighted by Crippen LogP contribution is 2.50. The van der Waals surface area contributed by atoms with Crippen LogP contribution in [0.1, 0.15) is 16.7 Å². The highest BCUT2D eigenvalue weighted by molar-refractivity contribution is 5.91. The van der Waals surface area contributed by atoms with Crippen LogP contribution >= 0.6 is 0 Å². The van der Waals surface area contributed by atoms with Crippen molar-refractivity contribution >= 4 is 16.8 Å². The minimum Gasteiger partial charge on any atom is -0.508 e. The third-order valence-corrected chi connectivity index (χ3v) is 6.31. The predicted molar refractivity (Wildman–Crippen MR) is 139 cm³/mol. The van der Waals surface area contributed by atoms with Crippen molar-refractivity contribution in [1.82, 2.24) is 0 Å². The van der Waals surface area contributed by atoms with E-state index in [4.69, 9.17) is 0 Å². The van der Waals surface area contributed by atoms with Crippen molar-refractivity contribution in [2.45, 2.75) is 11.6 Å². The van der Waals surface area contributed by atoms with Gasteiger partial charge in [-0.05, 0) is 40.5 Å². The average molecular weight is 477 g/mol. The van der Waals surface area contributed by atoms with Crippen molar-refractivity contribution in [2.24, 2.45) is 10.2 Å². The minimum atomic E-state index is -1.76. The summed E-state index contributed by atoms with van der Waals surface area (Å²) in [5, 5.41) is 53.0. The Hall–Kier alpha value is -4.68. The molecule has 0 aliphatic heterocycles. The molecule has 6 heteroatoms. The second kappa shape index (κ2) is 9.52. The maximum atomic E-state index is 11.9. The summed E-state index contributed by atoms with van der Waals surface area (Å²) in [7, 11) is 0. The van der Waals surface area contributed by atoms with Crippen LogP contribution in [0.25, 0.3) is 11.1 Å². The fourth-order valence-electron chi connectivity index (χ4n) is 4.47. The van der Waals surface area contributed by atoms with E-state index in [0.717, 1.165) is 11.1 Å². The SMILES string of the molecule is OC1=C(c2ccccc2)C=C(c2ccccc2)C(O)C1(N=Nc1c(O)cccc1O)c1ccccc1. The molecule has 4 aromatic carbocycles. The van der Waals surface area contributed by atoms with Crippen molar-refractivity contribution in [3.8, 4) is 11.5 Å². The molecule has 0 radical (unpaired) electrons. The van der Waals surface area contributed by atoms with E-state index < -0.39 is 11.6 Å². The number of allylic oxidation sites excluding steroid dienone is 2. The van der Waals surface area contributed by atoms with Gasteiger partial charge in [0.05, 0.1) is 0 Å².